The molecule has 0 bridgehead atoms. The number of carbonyl (C=O) groups excluding carboxylic acids is 2. The highest BCUT2D eigenvalue weighted by Crippen LogP contribution is 2.22. The van der Waals surface area contributed by atoms with Gasteiger partial charge in [0.1, 0.15) is 5.75 Å². The van der Waals surface area contributed by atoms with Crippen LogP contribution in [0.4, 0.5) is 10.5 Å². The predicted octanol–water partition coefficient (Wildman–Crippen LogP) is 2.51. The van der Waals surface area contributed by atoms with Gasteiger partial charge in [0.05, 0.1) is 25.5 Å². The Bertz CT molecular complexity index is 815. The van der Waals surface area contributed by atoms with Gasteiger partial charge in [0, 0.05) is 32.7 Å². The van der Waals surface area contributed by atoms with Crippen LogP contribution in [0.25, 0.3) is 0 Å². The summed E-state index contributed by atoms with van der Waals surface area (Å²) in [6.45, 7) is 2.95. The highest BCUT2D eigenvalue weighted by Gasteiger charge is 2.24. The second-order valence-electron chi connectivity index (χ2n) is 6.49. The maximum absolute atomic E-state index is 12.5. The molecule has 1 fully saturated rings. The Balaban J connectivity index is 1.53. The molecule has 2 amide bonds. The fourth-order valence-corrected chi connectivity index (χ4v) is 3.22. The summed E-state index contributed by atoms with van der Waals surface area (Å²) in [5.74, 6) is 0.439. The fraction of sp³-hybridized carbons (Fsp3) is 0.333. The van der Waals surface area contributed by atoms with Crippen molar-refractivity contribution >= 4 is 17.7 Å². The van der Waals surface area contributed by atoms with Crippen molar-refractivity contribution in [3.63, 3.8) is 0 Å². The van der Waals surface area contributed by atoms with Gasteiger partial charge >= 0.3 is 12.0 Å². The van der Waals surface area contributed by atoms with Crippen LogP contribution >= 0.6 is 0 Å². The van der Waals surface area contributed by atoms with Crippen LogP contribution in [0, 0.1) is 0 Å². The third-order valence-corrected chi connectivity index (χ3v) is 4.82. The number of nitrogens with one attached hydrogen (secondary N) is 1. The first-order chi connectivity index (χ1) is 13.6. The Labute approximate surface area is 164 Å². The number of amides is 2. The number of carbonyl (C=O) groups is 2. The summed E-state index contributed by atoms with van der Waals surface area (Å²) in [7, 11) is 3.00. The molecule has 0 aliphatic carbocycles. The highest BCUT2D eigenvalue weighted by atomic mass is 16.5. The molecule has 0 spiro atoms. The summed E-state index contributed by atoms with van der Waals surface area (Å²) in [6, 6.07) is 14.9. The van der Waals surface area contributed by atoms with E-state index in [9.17, 15) is 9.59 Å². The van der Waals surface area contributed by atoms with E-state index in [1.54, 1.807) is 18.1 Å². The maximum atomic E-state index is 12.5. The second-order valence-corrected chi connectivity index (χ2v) is 6.49. The average Bonchev–Trinajstić information content (AvgIpc) is 2.77. The lowest BCUT2D eigenvalue weighted by Crippen LogP contribution is -2.52. The van der Waals surface area contributed by atoms with Crippen LogP contribution in [-0.2, 0) is 11.3 Å². The van der Waals surface area contributed by atoms with E-state index in [-0.39, 0.29) is 12.0 Å². The summed E-state index contributed by atoms with van der Waals surface area (Å²) in [5.41, 5.74) is 2.40. The smallest absolute Gasteiger partial charge is 0.339 e. The average molecular weight is 383 g/mol. The zero-order valence-electron chi connectivity index (χ0n) is 16.2. The lowest BCUT2D eigenvalue weighted by atomic mass is 10.1. The number of hydrogen-bond donors (Lipinski definition) is 1. The molecule has 1 N–H and O–H groups in total. The van der Waals surface area contributed by atoms with Crippen molar-refractivity contribution in [2.75, 3.05) is 45.3 Å². The van der Waals surface area contributed by atoms with Gasteiger partial charge in [-0.15, -0.1) is 0 Å². The van der Waals surface area contributed by atoms with E-state index in [2.05, 4.69) is 10.2 Å². The molecule has 1 saturated heterocycles. The number of ether oxygens (including phenoxy) is 2. The van der Waals surface area contributed by atoms with E-state index in [1.807, 2.05) is 42.5 Å². The minimum absolute atomic E-state index is 0.0864. The summed E-state index contributed by atoms with van der Waals surface area (Å²) >= 11 is 0. The molecule has 0 atom stereocenters. The van der Waals surface area contributed by atoms with Gasteiger partial charge in [0.2, 0.25) is 0 Å². The second kappa shape index (κ2) is 9.12. The van der Waals surface area contributed by atoms with Crippen molar-refractivity contribution in [3.05, 3.63) is 59.7 Å². The van der Waals surface area contributed by atoms with Gasteiger partial charge in [-0.1, -0.05) is 24.3 Å². The molecule has 0 aromatic heterocycles. The molecular weight excluding hydrogens is 358 g/mol. The lowest BCUT2D eigenvalue weighted by Gasteiger charge is -2.36. The van der Waals surface area contributed by atoms with Gasteiger partial charge in [0.15, 0.2) is 0 Å². The molecule has 0 saturated carbocycles. The summed E-state index contributed by atoms with van der Waals surface area (Å²) in [4.78, 5) is 28.3. The molecule has 7 heteroatoms. The van der Waals surface area contributed by atoms with Crippen molar-refractivity contribution in [1.82, 2.24) is 10.2 Å². The number of nitrogens with zero attached hydrogens (tertiary/aromatic N) is 2. The molecule has 148 valence electrons. The molecule has 3 rings (SSSR count). The fourth-order valence-electron chi connectivity index (χ4n) is 3.22. The standard InChI is InChI=1S/C21H25N3O4/c1-27-17-9-7-16(8-10-17)15-22-21(26)24-13-11-23(12-14-24)19-6-4-3-5-18(19)20(25)28-2/h3-10H,11-15H2,1-2H3,(H,22,26). The van der Waals surface area contributed by atoms with Gasteiger partial charge in [0.25, 0.3) is 0 Å². The van der Waals surface area contributed by atoms with Gasteiger partial charge in [-0.3, -0.25) is 0 Å². The van der Waals surface area contributed by atoms with E-state index >= 15 is 0 Å². The Kier molecular flexibility index (Phi) is 6.37. The molecular formula is C21H25N3O4. The van der Waals surface area contributed by atoms with Crippen LogP contribution in [-0.4, -0.2) is 57.3 Å². The monoisotopic (exact) mass is 383 g/mol. The number of piperazine rings is 1. The van der Waals surface area contributed by atoms with Crippen molar-refractivity contribution in [2.45, 2.75) is 6.54 Å². The van der Waals surface area contributed by atoms with Crippen molar-refractivity contribution in [3.8, 4) is 5.75 Å². The van der Waals surface area contributed by atoms with Crippen molar-refractivity contribution in [2.24, 2.45) is 0 Å². The number of urea groups is 1. The SMILES string of the molecule is COC(=O)c1ccccc1N1CCN(C(=O)NCc2ccc(OC)cc2)CC1. The highest BCUT2D eigenvalue weighted by molar-refractivity contribution is 5.95. The van der Waals surface area contributed by atoms with Crippen LogP contribution in [0.3, 0.4) is 0 Å². The van der Waals surface area contributed by atoms with Crippen LogP contribution in [0.5, 0.6) is 5.75 Å². The van der Waals surface area contributed by atoms with Crippen molar-refractivity contribution < 1.29 is 19.1 Å². The first-order valence-electron chi connectivity index (χ1n) is 9.20. The molecule has 0 radical (unpaired) electrons. The van der Waals surface area contributed by atoms with Gasteiger partial charge in [-0.2, -0.15) is 0 Å². The quantitative estimate of drug-likeness (QED) is 0.804. The normalized spacial score (nSPS) is 13.8. The van der Waals surface area contributed by atoms with Crippen LogP contribution in [0.1, 0.15) is 15.9 Å². The Hall–Kier alpha value is -3.22. The first-order valence-corrected chi connectivity index (χ1v) is 9.20. The Morgan fingerprint density at radius 1 is 0.964 bits per heavy atom. The lowest BCUT2D eigenvalue weighted by molar-refractivity contribution is 0.0601. The third kappa shape index (κ3) is 4.54. The Morgan fingerprint density at radius 3 is 2.29 bits per heavy atom. The molecule has 1 aliphatic heterocycles. The van der Waals surface area contributed by atoms with Crippen molar-refractivity contribution in [1.29, 1.82) is 0 Å². The molecule has 0 unspecified atom stereocenters. The molecule has 7 nitrogen and oxygen atoms in total. The first kappa shape index (κ1) is 19.5. The summed E-state index contributed by atoms with van der Waals surface area (Å²) in [5, 5.41) is 2.95. The van der Waals surface area contributed by atoms with E-state index < -0.39 is 0 Å². The van der Waals surface area contributed by atoms with E-state index in [4.69, 9.17) is 9.47 Å². The largest absolute Gasteiger partial charge is 0.497 e. The summed E-state index contributed by atoms with van der Waals surface area (Å²) in [6.07, 6.45) is 0. The van der Waals surface area contributed by atoms with E-state index in [0.29, 0.717) is 38.3 Å². The number of methoxy groups -OCH3 is 2. The molecule has 2 aromatic carbocycles. The van der Waals surface area contributed by atoms with Gasteiger partial charge in [-0.25, -0.2) is 9.59 Å². The number of rotatable bonds is 5. The van der Waals surface area contributed by atoms with E-state index in [0.717, 1.165) is 17.0 Å². The van der Waals surface area contributed by atoms with Gasteiger partial charge in [-0.05, 0) is 29.8 Å². The zero-order chi connectivity index (χ0) is 19.9. The topological polar surface area (TPSA) is 71.1 Å². The Morgan fingerprint density at radius 2 is 1.64 bits per heavy atom. The van der Waals surface area contributed by atoms with Crippen LogP contribution in [0.2, 0.25) is 0 Å². The number of esters is 1. The van der Waals surface area contributed by atoms with Crippen LogP contribution in [0.15, 0.2) is 48.5 Å². The maximum Gasteiger partial charge on any atom is 0.339 e. The third-order valence-electron chi connectivity index (χ3n) is 4.82. The summed E-state index contributed by atoms with van der Waals surface area (Å²) < 4.78 is 10.0. The minimum Gasteiger partial charge on any atom is -0.497 e. The number of anilines is 1. The predicted molar refractivity (Wildman–Crippen MR) is 107 cm³/mol. The molecule has 1 aliphatic rings. The zero-order valence-corrected chi connectivity index (χ0v) is 16.2. The van der Waals surface area contributed by atoms with Crippen LogP contribution < -0.4 is 15.0 Å². The molecule has 1 heterocycles. The number of benzene rings is 2. The minimum atomic E-state index is -0.352. The van der Waals surface area contributed by atoms with E-state index in [1.165, 1.54) is 7.11 Å². The van der Waals surface area contributed by atoms with Gasteiger partial charge < -0.3 is 24.6 Å². The number of para-hydroxylation sites is 1. The molecule has 2 aromatic rings. The number of hydrogen-bond acceptors (Lipinski definition) is 5. The molecule has 28 heavy (non-hydrogen) atoms.